The van der Waals surface area contributed by atoms with Crippen LogP contribution < -0.4 is 5.32 Å². The first kappa shape index (κ1) is 22.8. The summed E-state index contributed by atoms with van der Waals surface area (Å²) in [6.45, 7) is 2.17. The fourth-order valence-corrected chi connectivity index (χ4v) is 4.34. The first-order valence-corrected chi connectivity index (χ1v) is 11.7. The Morgan fingerprint density at radius 1 is 1.03 bits per heavy atom. The molecule has 178 valence electrons. The summed E-state index contributed by atoms with van der Waals surface area (Å²) in [6.07, 6.45) is 9.42. The van der Waals surface area contributed by atoms with E-state index in [2.05, 4.69) is 48.2 Å². The maximum absolute atomic E-state index is 12.7. The molecule has 1 N–H and O–H groups in total. The van der Waals surface area contributed by atoms with E-state index in [0.717, 1.165) is 48.0 Å². The monoisotopic (exact) mass is 469 g/mol. The van der Waals surface area contributed by atoms with E-state index < -0.39 is 0 Å². The minimum atomic E-state index is -0.297. The lowest BCUT2D eigenvalue weighted by Gasteiger charge is -2.28. The Morgan fingerprint density at radius 3 is 2.60 bits per heavy atom. The number of piperidine rings is 1. The van der Waals surface area contributed by atoms with Crippen molar-refractivity contribution < 1.29 is 9.59 Å². The summed E-state index contributed by atoms with van der Waals surface area (Å²) in [7, 11) is 3.69. The van der Waals surface area contributed by atoms with Crippen molar-refractivity contribution in [2.24, 2.45) is 0 Å². The third-order valence-electron chi connectivity index (χ3n) is 6.49. The number of hydrogen-bond donors (Lipinski definition) is 1. The molecule has 4 heterocycles. The number of nitrogens with one attached hydrogen (secondary N) is 1. The highest BCUT2D eigenvalue weighted by molar-refractivity contribution is 5.98. The number of pyridine rings is 1. The SMILES string of the molecule is CNC(=O)c1ccc(C(=O)Cc2ncc3ccc(-c4cnn(C5CCN(C)CC5)c4)cc3n2)cn1. The Labute approximate surface area is 203 Å². The van der Waals surface area contributed by atoms with E-state index in [4.69, 9.17) is 0 Å². The molecule has 35 heavy (non-hydrogen) atoms. The molecule has 3 aromatic heterocycles. The normalized spacial score (nSPS) is 14.8. The quantitative estimate of drug-likeness (QED) is 0.433. The summed E-state index contributed by atoms with van der Waals surface area (Å²) in [5.74, 6) is -0.0116. The van der Waals surface area contributed by atoms with Gasteiger partial charge >= 0.3 is 0 Å². The van der Waals surface area contributed by atoms with Gasteiger partial charge in [0, 0.05) is 42.2 Å². The molecular weight excluding hydrogens is 442 g/mol. The van der Waals surface area contributed by atoms with Crippen LogP contribution in [0.4, 0.5) is 0 Å². The van der Waals surface area contributed by atoms with Crippen LogP contribution in [0, 0.1) is 0 Å². The number of nitrogens with zero attached hydrogens (tertiary/aromatic N) is 6. The molecule has 0 atom stereocenters. The molecule has 5 rings (SSSR count). The lowest BCUT2D eigenvalue weighted by molar-refractivity contribution is 0.0953. The molecule has 0 radical (unpaired) electrons. The van der Waals surface area contributed by atoms with Crippen molar-refractivity contribution in [3.05, 3.63) is 72.2 Å². The molecule has 0 bridgehead atoms. The van der Waals surface area contributed by atoms with Gasteiger partial charge in [-0.3, -0.25) is 19.3 Å². The summed E-state index contributed by atoms with van der Waals surface area (Å²) in [5.41, 5.74) is 3.53. The van der Waals surface area contributed by atoms with E-state index >= 15 is 0 Å². The van der Waals surface area contributed by atoms with Crippen molar-refractivity contribution >= 4 is 22.6 Å². The maximum atomic E-state index is 12.7. The zero-order valence-corrected chi connectivity index (χ0v) is 19.8. The van der Waals surface area contributed by atoms with Crippen LogP contribution in [-0.2, 0) is 6.42 Å². The van der Waals surface area contributed by atoms with Crippen LogP contribution in [-0.4, -0.2) is 68.5 Å². The topological polar surface area (TPSA) is 106 Å². The van der Waals surface area contributed by atoms with Crippen LogP contribution in [0.3, 0.4) is 0 Å². The average Bonchev–Trinajstić information content (AvgIpc) is 3.38. The number of rotatable bonds is 6. The molecule has 4 aromatic rings. The van der Waals surface area contributed by atoms with Gasteiger partial charge in [-0.2, -0.15) is 5.10 Å². The van der Waals surface area contributed by atoms with Crippen molar-refractivity contribution in [2.75, 3.05) is 27.2 Å². The van der Waals surface area contributed by atoms with Crippen LogP contribution in [0.25, 0.3) is 22.0 Å². The molecular formula is C26H27N7O2. The van der Waals surface area contributed by atoms with Gasteiger partial charge in [0.05, 0.1) is 24.2 Å². The highest BCUT2D eigenvalue weighted by atomic mass is 16.1. The van der Waals surface area contributed by atoms with Gasteiger partial charge < -0.3 is 10.2 Å². The Balaban J connectivity index is 1.33. The van der Waals surface area contributed by atoms with Crippen LogP contribution in [0.5, 0.6) is 0 Å². The molecule has 1 saturated heterocycles. The third-order valence-corrected chi connectivity index (χ3v) is 6.49. The second kappa shape index (κ2) is 9.71. The Bertz CT molecular complexity index is 1370. The van der Waals surface area contributed by atoms with Crippen molar-refractivity contribution in [3.8, 4) is 11.1 Å². The largest absolute Gasteiger partial charge is 0.354 e. The Kier molecular flexibility index (Phi) is 6.33. The smallest absolute Gasteiger partial charge is 0.269 e. The van der Waals surface area contributed by atoms with Gasteiger partial charge in [0.1, 0.15) is 11.5 Å². The van der Waals surface area contributed by atoms with Gasteiger partial charge in [-0.25, -0.2) is 9.97 Å². The molecule has 0 aliphatic carbocycles. The second-order valence-electron chi connectivity index (χ2n) is 8.91. The van der Waals surface area contributed by atoms with E-state index in [1.54, 1.807) is 12.3 Å². The predicted octanol–water partition coefficient (Wildman–Crippen LogP) is 2.94. The number of aromatic nitrogens is 5. The van der Waals surface area contributed by atoms with Crippen LogP contribution >= 0.6 is 0 Å². The van der Waals surface area contributed by atoms with Gasteiger partial charge in [0.15, 0.2) is 5.78 Å². The van der Waals surface area contributed by atoms with E-state index in [1.807, 2.05) is 24.4 Å². The number of ketones is 1. The Morgan fingerprint density at radius 2 is 1.86 bits per heavy atom. The zero-order chi connectivity index (χ0) is 24.4. The molecule has 9 heteroatoms. The van der Waals surface area contributed by atoms with E-state index in [1.165, 1.54) is 19.3 Å². The lowest BCUT2D eigenvalue weighted by atomic mass is 10.1. The average molecular weight is 470 g/mol. The van der Waals surface area contributed by atoms with E-state index in [0.29, 0.717) is 17.4 Å². The molecule has 1 aliphatic rings. The van der Waals surface area contributed by atoms with Crippen molar-refractivity contribution in [1.29, 1.82) is 0 Å². The maximum Gasteiger partial charge on any atom is 0.269 e. The molecule has 1 amide bonds. The molecule has 1 aliphatic heterocycles. The molecule has 1 fully saturated rings. The minimum absolute atomic E-state index is 0.0508. The zero-order valence-electron chi connectivity index (χ0n) is 19.8. The van der Waals surface area contributed by atoms with Crippen molar-refractivity contribution in [3.63, 3.8) is 0 Å². The number of hydrogen-bond acceptors (Lipinski definition) is 7. The van der Waals surface area contributed by atoms with Gasteiger partial charge in [-0.1, -0.05) is 12.1 Å². The molecule has 0 spiro atoms. The third kappa shape index (κ3) is 4.95. The fourth-order valence-electron chi connectivity index (χ4n) is 4.34. The molecule has 9 nitrogen and oxygen atoms in total. The van der Waals surface area contributed by atoms with Crippen LogP contribution in [0.15, 0.2) is 55.1 Å². The first-order chi connectivity index (χ1) is 17.0. The van der Waals surface area contributed by atoms with Gasteiger partial charge in [-0.15, -0.1) is 0 Å². The summed E-state index contributed by atoms with van der Waals surface area (Å²) >= 11 is 0. The first-order valence-electron chi connectivity index (χ1n) is 11.7. The molecule has 0 saturated carbocycles. The van der Waals surface area contributed by atoms with Gasteiger partial charge in [0.2, 0.25) is 0 Å². The summed E-state index contributed by atoms with van der Waals surface area (Å²) in [6, 6.07) is 9.62. The number of carbonyl (C=O) groups is 2. The predicted molar refractivity (Wildman–Crippen MR) is 132 cm³/mol. The number of Topliss-reactive ketones (excluding diaryl/α,β-unsaturated/α-hetero) is 1. The summed E-state index contributed by atoms with van der Waals surface area (Å²) < 4.78 is 2.08. The Hall–Kier alpha value is -3.98. The fraction of sp³-hybridized carbons (Fsp3) is 0.308. The van der Waals surface area contributed by atoms with Crippen molar-refractivity contribution in [2.45, 2.75) is 25.3 Å². The van der Waals surface area contributed by atoms with Crippen LogP contribution in [0.1, 0.15) is 45.6 Å². The molecule has 1 aromatic carbocycles. The number of amides is 1. The number of carbonyl (C=O) groups excluding carboxylic acids is 2. The minimum Gasteiger partial charge on any atom is -0.354 e. The highest BCUT2D eigenvalue weighted by Crippen LogP contribution is 2.27. The number of likely N-dealkylation sites (tertiary alicyclic amines) is 1. The van der Waals surface area contributed by atoms with Gasteiger partial charge in [0.25, 0.3) is 5.91 Å². The lowest BCUT2D eigenvalue weighted by Crippen LogP contribution is -2.31. The van der Waals surface area contributed by atoms with Gasteiger partial charge in [-0.05, 0) is 56.7 Å². The highest BCUT2D eigenvalue weighted by Gasteiger charge is 2.19. The summed E-state index contributed by atoms with van der Waals surface area (Å²) in [4.78, 5) is 39.8. The van der Waals surface area contributed by atoms with E-state index in [9.17, 15) is 9.59 Å². The molecule has 0 unspecified atom stereocenters. The summed E-state index contributed by atoms with van der Waals surface area (Å²) in [5, 5.41) is 8.04. The van der Waals surface area contributed by atoms with Crippen LogP contribution in [0.2, 0.25) is 0 Å². The standard InChI is InChI=1S/C26H27N7O2/c1-27-26(35)22-6-5-19(14-28-22)24(34)12-25-29-13-18-4-3-17(11-23(18)31-25)20-15-30-33(16-20)21-7-9-32(2)10-8-21/h3-6,11,13-16,21H,7-10,12H2,1-2H3,(H,27,35). The number of benzene rings is 1. The van der Waals surface area contributed by atoms with Crippen molar-refractivity contribution in [1.82, 2.24) is 34.9 Å². The van der Waals surface area contributed by atoms with E-state index in [-0.39, 0.29) is 23.8 Å². The second-order valence-corrected chi connectivity index (χ2v) is 8.91. The number of fused-ring (bicyclic) bond motifs is 1.